The number of nitrogens with two attached hydrogens (primary N) is 1. The van der Waals surface area contributed by atoms with E-state index in [1.807, 2.05) is 25.1 Å². The van der Waals surface area contributed by atoms with Crippen molar-refractivity contribution < 1.29 is 4.79 Å². The zero-order valence-electron chi connectivity index (χ0n) is 10.4. The van der Waals surface area contributed by atoms with E-state index in [2.05, 4.69) is 13.8 Å². The van der Waals surface area contributed by atoms with Gasteiger partial charge < -0.3 is 5.73 Å². The summed E-state index contributed by atoms with van der Waals surface area (Å²) in [5, 5.41) is 0. The smallest absolute Gasteiger partial charge is 0.165 e. The third-order valence-electron chi connectivity index (χ3n) is 3.14. The number of anilines is 1. The van der Waals surface area contributed by atoms with Crippen molar-refractivity contribution in [2.75, 3.05) is 5.73 Å². The number of nitrogen functional groups attached to an aromatic ring is 1. The van der Waals surface area contributed by atoms with Gasteiger partial charge in [-0.25, -0.2) is 0 Å². The molecule has 0 aromatic heterocycles. The lowest BCUT2D eigenvalue weighted by Crippen LogP contribution is -2.10. The molecule has 2 N–H and O–H groups in total. The zero-order chi connectivity index (χ0) is 12.1. The van der Waals surface area contributed by atoms with E-state index >= 15 is 0 Å². The van der Waals surface area contributed by atoms with Crippen LogP contribution in [0.5, 0.6) is 0 Å². The van der Waals surface area contributed by atoms with E-state index in [0.717, 1.165) is 18.4 Å². The number of benzene rings is 1. The molecule has 0 unspecified atom stereocenters. The van der Waals surface area contributed by atoms with E-state index in [1.165, 1.54) is 0 Å². The molecule has 0 aliphatic carbocycles. The maximum absolute atomic E-state index is 12.1. The first-order chi connectivity index (χ1) is 7.58. The number of ketones is 1. The summed E-state index contributed by atoms with van der Waals surface area (Å²) in [5.41, 5.74) is 8.20. The van der Waals surface area contributed by atoms with Crippen molar-refractivity contribution in [2.24, 2.45) is 5.92 Å². The molecule has 1 aromatic carbocycles. The lowest BCUT2D eigenvalue weighted by atomic mass is 9.93. The Morgan fingerprint density at radius 2 is 1.94 bits per heavy atom. The number of rotatable bonds is 5. The van der Waals surface area contributed by atoms with Crippen LogP contribution in [0.2, 0.25) is 0 Å². The Morgan fingerprint density at radius 1 is 1.31 bits per heavy atom. The minimum absolute atomic E-state index is 0.176. The quantitative estimate of drug-likeness (QED) is 0.607. The second kappa shape index (κ2) is 5.69. The van der Waals surface area contributed by atoms with Gasteiger partial charge in [0.15, 0.2) is 5.78 Å². The third-order valence-corrected chi connectivity index (χ3v) is 3.14. The molecule has 1 aromatic rings. The Morgan fingerprint density at radius 3 is 2.50 bits per heavy atom. The highest BCUT2D eigenvalue weighted by Gasteiger charge is 2.14. The molecule has 16 heavy (non-hydrogen) atoms. The summed E-state index contributed by atoms with van der Waals surface area (Å²) in [6.07, 6.45) is 2.71. The van der Waals surface area contributed by atoms with Crippen molar-refractivity contribution >= 4 is 11.5 Å². The SMILES string of the molecule is CCC(CC)CC(=O)c1cc(C)ccc1N. The highest BCUT2D eigenvalue weighted by atomic mass is 16.1. The third kappa shape index (κ3) is 3.09. The van der Waals surface area contributed by atoms with Gasteiger partial charge in [0, 0.05) is 17.7 Å². The highest BCUT2D eigenvalue weighted by Crippen LogP contribution is 2.20. The molecule has 88 valence electrons. The monoisotopic (exact) mass is 219 g/mol. The lowest BCUT2D eigenvalue weighted by Gasteiger charge is -2.12. The van der Waals surface area contributed by atoms with E-state index in [-0.39, 0.29) is 5.78 Å². The summed E-state index contributed by atoms with van der Waals surface area (Å²) in [5.74, 6) is 0.655. The van der Waals surface area contributed by atoms with Gasteiger partial charge in [-0.3, -0.25) is 4.79 Å². The molecule has 0 saturated carbocycles. The molecule has 0 aliphatic rings. The van der Waals surface area contributed by atoms with Gasteiger partial charge in [0.2, 0.25) is 0 Å². The van der Waals surface area contributed by atoms with Crippen LogP contribution in [-0.4, -0.2) is 5.78 Å². The van der Waals surface area contributed by atoms with E-state index in [9.17, 15) is 4.79 Å². The molecule has 0 atom stereocenters. The average molecular weight is 219 g/mol. The van der Waals surface area contributed by atoms with Crippen LogP contribution >= 0.6 is 0 Å². The van der Waals surface area contributed by atoms with Crippen molar-refractivity contribution in [3.8, 4) is 0 Å². The Kier molecular flexibility index (Phi) is 4.53. The molecule has 2 heteroatoms. The van der Waals surface area contributed by atoms with Crippen LogP contribution in [-0.2, 0) is 0 Å². The van der Waals surface area contributed by atoms with Gasteiger partial charge in [0.05, 0.1) is 0 Å². The van der Waals surface area contributed by atoms with E-state index in [0.29, 0.717) is 23.6 Å². The summed E-state index contributed by atoms with van der Waals surface area (Å²) in [6.45, 7) is 6.23. The fourth-order valence-corrected chi connectivity index (χ4v) is 1.86. The number of Topliss-reactive ketones (excluding diaryl/α,β-unsaturated/α-hetero) is 1. The molecule has 0 fully saturated rings. The number of carbonyl (C=O) groups is 1. The number of hydrogen-bond donors (Lipinski definition) is 1. The van der Waals surface area contributed by atoms with Crippen LogP contribution in [0, 0.1) is 12.8 Å². The maximum atomic E-state index is 12.1. The van der Waals surface area contributed by atoms with Crippen LogP contribution < -0.4 is 5.73 Å². The summed E-state index contributed by atoms with van der Waals surface area (Å²) >= 11 is 0. The summed E-state index contributed by atoms with van der Waals surface area (Å²) in [4.78, 5) is 12.1. The second-order valence-electron chi connectivity index (χ2n) is 4.40. The number of hydrogen-bond acceptors (Lipinski definition) is 2. The van der Waals surface area contributed by atoms with Gasteiger partial charge in [0.1, 0.15) is 0 Å². The largest absolute Gasteiger partial charge is 0.398 e. The molecule has 0 spiro atoms. The van der Waals surface area contributed by atoms with E-state index in [1.54, 1.807) is 0 Å². The first-order valence-corrected chi connectivity index (χ1v) is 5.97. The molecule has 2 nitrogen and oxygen atoms in total. The van der Waals surface area contributed by atoms with Gasteiger partial charge in [-0.1, -0.05) is 38.3 Å². The van der Waals surface area contributed by atoms with Crippen LogP contribution in [0.3, 0.4) is 0 Å². The molecule has 0 amide bonds. The van der Waals surface area contributed by atoms with Crippen molar-refractivity contribution in [3.05, 3.63) is 29.3 Å². The van der Waals surface area contributed by atoms with Crippen molar-refractivity contribution in [1.82, 2.24) is 0 Å². The van der Waals surface area contributed by atoms with Gasteiger partial charge >= 0.3 is 0 Å². The predicted octanol–water partition coefficient (Wildman–Crippen LogP) is 3.59. The molecular formula is C14H21NO. The second-order valence-corrected chi connectivity index (χ2v) is 4.40. The van der Waals surface area contributed by atoms with E-state index in [4.69, 9.17) is 5.73 Å². The summed E-state index contributed by atoms with van der Waals surface area (Å²) in [7, 11) is 0. The van der Waals surface area contributed by atoms with Gasteiger partial charge in [-0.2, -0.15) is 0 Å². The summed E-state index contributed by atoms with van der Waals surface area (Å²) < 4.78 is 0. The van der Waals surface area contributed by atoms with Gasteiger partial charge in [-0.05, 0) is 25.0 Å². The first kappa shape index (κ1) is 12.8. The van der Waals surface area contributed by atoms with Crippen molar-refractivity contribution in [3.63, 3.8) is 0 Å². The first-order valence-electron chi connectivity index (χ1n) is 5.97. The van der Waals surface area contributed by atoms with Crippen molar-refractivity contribution in [1.29, 1.82) is 0 Å². The highest BCUT2D eigenvalue weighted by molar-refractivity contribution is 6.01. The molecule has 0 saturated heterocycles. The minimum Gasteiger partial charge on any atom is -0.398 e. The average Bonchev–Trinajstić information content (AvgIpc) is 2.28. The Labute approximate surface area is 97.9 Å². The number of aryl methyl sites for hydroxylation is 1. The molecule has 0 aliphatic heterocycles. The Hall–Kier alpha value is -1.31. The predicted molar refractivity (Wildman–Crippen MR) is 68.6 cm³/mol. The van der Waals surface area contributed by atoms with Crippen LogP contribution in [0.25, 0.3) is 0 Å². The van der Waals surface area contributed by atoms with E-state index < -0.39 is 0 Å². The molecule has 0 heterocycles. The molecular weight excluding hydrogens is 198 g/mol. The van der Waals surface area contributed by atoms with Gasteiger partial charge in [-0.15, -0.1) is 0 Å². The van der Waals surface area contributed by atoms with Crippen molar-refractivity contribution in [2.45, 2.75) is 40.0 Å². The van der Waals surface area contributed by atoms with Crippen LogP contribution in [0.15, 0.2) is 18.2 Å². The fourth-order valence-electron chi connectivity index (χ4n) is 1.86. The molecule has 0 bridgehead atoms. The molecule has 1 rings (SSSR count). The topological polar surface area (TPSA) is 43.1 Å². The normalized spacial score (nSPS) is 10.8. The standard InChI is InChI=1S/C14H21NO/c1-4-11(5-2)9-14(16)12-8-10(3)6-7-13(12)15/h6-8,11H,4-5,9,15H2,1-3H3. The molecule has 0 radical (unpaired) electrons. The maximum Gasteiger partial charge on any atom is 0.165 e. The Balaban J connectivity index is 2.83. The summed E-state index contributed by atoms with van der Waals surface area (Å²) in [6, 6.07) is 5.64. The zero-order valence-corrected chi connectivity index (χ0v) is 10.4. The fraction of sp³-hybridized carbons (Fsp3) is 0.500. The lowest BCUT2D eigenvalue weighted by molar-refractivity contribution is 0.0959. The van der Waals surface area contributed by atoms with Crippen LogP contribution in [0.1, 0.15) is 49.0 Å². The van der Waals surface area contributed by atoms with Crippen LogP contribution in [0.4, 0.5) is 5.69 Å². The number of carbonyl (C=O) groups excluding carboxylic acids is 1. The minimum atomic E-state index is 0.176. The van der Waals surface area contributed by atoms with Gasteiger partial charge in [0.25, 0.3) is 0 Å². The Bertz CT molecular complexity index is 367.